The summed E-state index contributed by atoms with van der Waals surface area (Å²) in [6.07, 6.45) is 0.0291. The first-order chi connectivity index (χ1) is 13.5. The van der Waals surface area contributed by atoms with E-state index >= 15 is 0 Å². The lowest BCUT2D eigenvalue weighted by Crippen LogP contribution is -2.60. The van der Waals surface area contributed by atoms with Crippen molar-refractivity contribution < 1.29 is 24.7 Å². The zero-order chi connectivity index (χ0) is 22.4. The van der Waals surface area contributed by atoms with Crippen molar-refractivity contribution in [1.29, 1.82) is 0 Å². The van der Waals surface area contributed by atoms with Crippen LogP contribution in [-0.4, -0.2) is 46.7 Å². The molecular formula is C19H27Cl2N3O5. The molecule has 1 aromatic carbocycles. The van der Waals surface area contributed by atoms with Crippen LogP contribution in [0.3, 0.4) is 0 Å². The molecule has 0 bridgehead atoms. The quantitative estimate of drug-likeness (QED) is 0.290. The summed E-state index contributed by atoms with van der Waals surface area (Å²) < 4.78 is 0. The fraction of sp³-hybridized carbons (Fsp3) is 0.526. The number of benzene rings is 1. The molecule has 1 unspecified atom stereocenters. The summed E-state index contributed by atoms with van der Waals surface area (Å²) in [5, 5.41) is 25.6. The van der Waals surface area contributed by atoms with Gasteiger partial charge in [0.05, 0.1) is 16.0 Å². The highest BCUT2D eigenvalue weighted by atomic mass is 35.5. The van der Waals surface area contributed by atoms with Crippen LogP contribution in [0.25, 0.3) is 0 Å². The van der Waals surface area contributed by atoms with E-state index in [1.54, 1.807) is 32.0 Å². The van der Waals surface area contributed by atoms with E-state index in [-0.39, 0.29) is 18.8 Å². The second kappa shape index (κ2) is 10.8. The van der Waals surface area contributed by atoms with E-state index in [4.69, 9.17) is 28.4 Å². The smallest absolute Gasteiger partial charge is 0.253 e. The van der Waals surface area contributed by atoms with Gasteiger partial charge in [-0.05, 0) is 30.0 Å². The number of hydrogen-bond donors (Lipinski definition) is 5. The summed E-state index contributed by atoms with van der Waals surface area (Å²) >= 11 is 11.9. The fourth-order valence-electron chi connectivity index (χ4n) is 2.97. The van der Waals surface area contributed by atoms with Crippen molar-refractivity contribution in [2.24, 2.45) is 11.8 Å². The molecule has 5 N–H and O–H groups in total. The molecule has 0 spiro atoms. The third kappa shape index (κ3) is 6.57. The molecule has 162 valence electrons. The molecule has 0 saturated carbocycles. The summed E-state index contributed by atoms with van der Waals surface area (Å²) in [7, 11) is 1.42. The van der Waals surface area contributed by atoms with Gasteiger partial charge >= 0.3 is 0 Å². The van der Waals surface area contributed by atoms with Gasteiger partial charge in [-0.3, -0.25) is 19.6 Å². The van der Waals surface area contributed by atoms with Crippen molar-refractivity contribution in [2.45, 2.75) is 45.3 Å². The average Bonchev–Trinajstić information content (AvgIpc) is 2.67. The van der Waals surface area contributed by atoms with Crippen molar-refractivity contribution >= 4 is 40.9 Å². The van der Waals surface area contributed by atoms with E-state index in [0.29, 0.717) is 15.6 Å². The van der Waals surface area contributed by atoms with Gasteiger partial charge in [0.2, 0.25) is 11.8 Å². The lowest BCUT2D eigenvalue weighted by atomic mass is 9.80. The molecule has 0 radical (unpaired) electrons. The molecule has 0 heterocycles. The van der Waals surface area contributed by atoms with E-state index in [0.717, 1.165) is 0 Å². The third-order valence-electron chi connectivity index (χ3n) is 4.62. The maximum absolute atomic E-state index is 13.0. The molecule has 8 nitrogen and oxygen atoms in total. The number of amides is 3. The molecule has 0 aromatic heterocycles. The molecule has 10 heteroatoms. The molecule has 0 aliphatic rings. The Morgan fingerprint density at radius 1 is 1.10 bits per heavy atom. The number of likely N-dealkylation sites (N-methyl/N-ethyl adjacent to an activating group) is 1. The lowest BCUT2D eigenvalue weighted by molar-refractivity contribution is -0.159. The largest absolute Gasteiger partial charge is 0.379 e. The van der Waals surface area contributed by atoms with Gasteiger partial charge in [0.15, 0.2) is 5.60 Å². The minimum atomic E-state index is -2.13. The van der Waals surface area contributed by atoms with Gasteiger partial charge in [-0.2, -0.15) is 0 Å². The molecule has 0 saturated heterocycles. The molecular weight excluding hydrogens is 421 g/mol. The second-order valence-corrected chi connectivity index (χ2v) is 8.13. The monoisotopic (exact) mass is 447 g/mol. The molecule has 3 amide bonds. The number of carbonyl (C=O) groups excluding carboxylic acids is 3. The predicted molar refractivity (Wildman–Crippen MR) is 110 cm³/mol. The van der Waals surface area contributed by atoms with Crippen LogP contribution < -0.4 is 16.1 Å². The van der Waals surface area contributed by atoms with E-state index in [1.807, 2.05) is 0 Å². The summed E-state index contributed by atoms with van der Waals surface area (Å²) in [6, 6.07) is 3.78. The molecule has 0 fully saturated rings. The average molecular weight is 448 g/mol. The SMILES string of the molecule is CNC(=O)C(Cc1ccc(Cl)c(Cl)c1)NC(=O)[C@](O)(CC(C)C)[C@H](C)C(=O)NO. The van der Waals surface area contributed by atoms with Crippen molar-refractivity contribution in [3.05, 3.63) is 33.8 Å². The molecule has 1 rings (SSSR count). The molecule has 29 heavy (non-hydrogen) atoms. The number of carbonyl (C=O) groups is 3. The first-order valence-electron chi connectivity index (χ1n) is 9.09. The van der Waals surface area contributed by atoms with Gasteiger partial charge in [0, 0.05) is 13.5 Å². The van der Waals surface area contributed by atoms with Gasteiger partial charge in [-0.1, -0.05) is 50.0 Å². The maximum Gasteiger partial charge on any atom is 0.253 e. The number of aliphatic hydroxyl groups is 1. The number of hydroxylamine groups is 1. The van der Waals surface area contributed by atoms with Gasteiger partial charge in [-0.15, -0.1) is 0 Å². The van der Waals surface area contributed by atoms with E-state index in [1.165, 1.54) is 19.5 Å². The Labute approximate surface area is 179 Å². The van der Waals surface area contributed by atoms with Crippen LogP contribution in [0.1, 0.15) is 32.8 Å². The van der Waals surface area contributed by atoms with Crippen LogP contribution >= 0.6 is 23.2 Å². The van der Waals surface area contributed by atoms with Crippen LogP contribution in [-0.2, 0) is 20.8 Å². The Bertz CT molecular complexity index is 759. The number of rotatable bonds is 9. The third-order valence-corrected chi connectivity index (χ3v) is 5.36. The van der Waals surface area contributed by atoms with Gasteiger partial charge in [0.1, 0.15) is 6.04 Å². The summed E-state index contributed by atoms with van der Waals surface area (Å²) in [5.41, 5.74) is -0.0417. The summed E-state index contributed by atoms with van der Waals surface area (Å²) in [6.45, 7) is 4.86. The first kappa shape index (κ1) is 25.2. The molecule has 3 atom stereocenters. The summed E-state index contributed by atoms with van der Waals surface area (Å²) in [5.74, 6) is -3.70. The summed E-state index contributed by atoms with van der Waals surface area (Å²) in [4.78, 5) is 37.2. The zero-order valence-corrected chi connectivity index (χ0v) is 18.3. The Hall–Kier alpha value is -1.87. The van der Waals surface area contributed by atoms with Crippen molar-refractivity contribution in [3.8, 4) is 0 Å². The van der Waals surface area contributed by atoms with Crippen molar-refractivity contribution in [2.75, 3.05) is 7.05 Å². The van der Waals surface area contributed by atoms with Crippen LogP contribution in [0.4, 0.5) is 0 Å². The Morgan fingerprint density at radius 3 is 2.21 bits per heavy atom. The van der Waals surface area contributed by atoms with Crippen molar-refractivity contribution in [1.82, 2.24) is 16.1 Å². The van der Waals surface area contributed by atoms with Crippen molar-refractivity contribution in [3.63, 3.8) is 0 Å². The Morgan fingerprint density at radius 2 is 1.72 bits per heavy atom. The highest BCUT2D eigenvalue weighted by molar-refractivity contribution is 6.42. The molecule has 0 aliphatic carbocycles. The van der Waals surface area contributed by atoms with Crippen LogP contribution in [0.15, 0.2) is 18.2 Å². The van der Waals surface area contributed by atoms with Crippen LogP contribution in [0.2, 0.25) is 10.0 Å². The normalized spacial score (nSPS) is 15.2. The number of hydrogen-bond acceptors (Lipinski definition) is 5. The zero-order valence-electron chi connectivity index (χ0n) is 16.8. The van der Waals surface area contributed by atoms with Crippen LogP contribution in [0, 0.1) is 11.8 Å². The second-order valence-electron chi connectivity index (χ2n) is 7.31. The predicted octanol–water partition coefficient (Wildman–Crippen LogP) is 1.69. The number of halogens is 2. The number of nitrogens with one attached hydrogen (secondary N) is 3. The van der Waals surface area contributed by atoms with Gasteiger partial charge < -0.3 is 15.7 Å². The Balaban J connectivity index is 3.16. The standard InChI is InChI=1S/C19H27Cl2N3O5/c1-10(2)9-19(28,11(3)16(25)24-29)18(27)23-15(17(26)22-4)8-12-5-6-13(20)14(21)7-12/h5-7,10-11,15,28-29H,8-9H2,1-4H3,(H,22,26)(H,23,27)(H,24,25)/t11-,15?,19+/m1/s1. The van der Waals surface area contributed by atoms with E-state index < -0.39 is 35.3 Å². The molecule has 1 aromatic rings. The minimum absolute atomic E-state index is 0.0549. The van der Waals surface area contributed by atoms with E-state index in [2.05, 4.69) is 10.6 Å². The first-order valence-corrected chi connectivity index (χ1v) is 9.84. The van der Waals surface area contributed by atoms with Gasteiger partial charge in [0.25, 0.3) is 5.91 Å². The highest BCUT2D eigenvalue weighted by Crippen LogP contribution is 2.27. The maximum atomic E-state index is 13.0. The lowest BCUT2D eigenvalue weighted by Gasteiger charge is -2.34. The van der Waals surface area contributed by atoms with E-state index in [9.17, 15) is 19.5 Å². The minimum Gasteiger partial charge on any atom is -0.379 e. The molecule has 0 aliphatic heterocycles. The highest BCUT2D eigenvalue weighted by Gasteiger charge is 2.46. The fourth-order valence-corrected chi connectivity index (χ4v) is 3.29. The topological polar surface area (TPSA) is 128 Å². The Kier molecular flexibility index (Phi) is 9.35. The van der Waals surface area contributed by atoms with Crippen LogP contribution in [0.5, 0.6) is 0 Å². The van der Waals surface area contributed by atoms with Gasteiger partial charge in [-0.25, -0.2) is 5.48 Å².